The molecule has 2 rings (SSSR count). The van der Waals surface area contributed by atoms with Gasteiger partial charge in [0.05, 0.1) is 15.7 Å². The summed E-state index contributed by atoms with van der Waals surface area (Å²) in [5.41, 5.74) is 5.16. The summed E-state index contributed by atoms with van der Waals surface area (Å²) in [6.07, 6.45) is 0. The number of nitrogen functional groups attached to an aromatic ring is 1. The van der Waals surface area contributed by atoms with Crippen molar-refractivity contribution in [2.45, 2.75) is 0 Å². The molecule has 5 nitrogen and oxygen atoms in total. The second-order valence-corrected chi connectivity index (χ2v) is 3.64. The summed E-state index contributed by atoms with van der Waals surface area (Å²) in [5.74, 6) is -0.659. The number of anilines is 1. The maximum Gasteiger partial charge on any atom is 0.299 e. The fourth-order valence-corrected chi connectivity index (χ4v) is 1.92. The molecule has 0 atom stereocenters. The summed E-state index contributed by atoms with van der Waals surface area (Å²) in [4.78, 5) is 13.6. The number of nitrogens with zero attached hydrogens (tertiary/aromatic N) is 2. The summed E-state index contributed by atoms with van der Waals surface area (Å²) in [6, 6.07) is 2.01. The molecule has 0 aliphatic heterocycles. The zero-order valence-corrected chi connectivity index (χ0v) is 7.55. The molecule has 1 aromatic heterocycles. The Bertz CT molecular complexity index is 525. The van der Waals surface area contributed by atoms with Crippen LogP contribution in [0.15, 0.2) is 12.1 Å². The quantitative estimate of drug-likeness (QED) is 0.579. The van der Waals surface area contributed by atoms with E-state index in [0.29, 0.717) is 4.70 Å². The van der Waals surface area contributed by atoms with Gasteiger partial charge in [-0.2, -0.15) is 0 Å². The van der Waals surface area contributed by atoms with Crippen LogP contribution in [0.5, 0.6) is 0 Å². The second kappa shape index (κ2) is 2.88. The number of nitro groups is 1. The Morgan fingerprint density at radius 2 is 2.29 bits per heavy atom. The molecular formula is C7H4FN3O2S. The molecule has 2 N–H and O–H groups in total. The minimum atomic E-state index is -0.676. The van der Waals surface area contributed by atoms with E-state index in [1.54, 1.807) is 0 Å². The second-order valence-electron chi connectivity index (χ2n) is 2.58. The van der Waals surface area contributed by atoms with Crippen molar-refractivity contribution in [3.8, 4) is 0 Å². The molecule has 14 heavy (non-hydrogen) atoms. The molecule has 0 aliphatic carbocycles. The Labute approximate surface area is 81.1 Å². The van der Waals surface area contributed by atoms with Gasteiger partial charge in [0.2, 0.25) is 0 Å². The summed E-state index contributed by atoms with van der Waals surface area (Å²) in [6.45, 7) is 0. The molecule has 0 aliphatic rings. The molecule has 0 spiro atoms. The highest BCUT2D eigenvalue weighted by molar-refractivity contribution is 7.22. The van der Waals surface area contributed by atoms with Crippen LogP contribution in [0.3, 0.4) is 0 Å². The summed E-state index contributed by atoms with van der Waals surface area (Å²) in [7, 11) is 0. The van der Waals surface area contributed by atoms with E-state index < -0.39 is 10.7 Å². The Balaban J connectivity index is 2.85. The van der Waals surface area contributed by atoms with Crippen LogP contribution in [0.4, 0.5) is 15.2 Å². The third-order valence-electron chi connectivity index (χ3n) is 1.65. The van der Waals surface area contributed by atoms with Gasteiger partial charge in [0.1, 0.15) is 5.82 Å². The van der Waals surface area contributed by atoms with Gasteiger partial charge in [-0.25, -0.2) is 9.37 Å². The normalized spacial score (nSPS) is 10.6. The molecule has 0 radical (unpaired) electrons. The van der Waals surface area contributed by atoms with Gasteiger partial charge in [-0.05, 0) is 6.07 Å². The van der Waals surface area contributed by atoms with Crippen LogP contribution < -0.4 is 5.73 Å². The SMILES string of the molecule is Nc1nc2c([N+](=O)[O-])cc(F)cc2s1. The van der Waals surface area contributed by atoms with Gasteiger partial charge in [0.15, 0.2) is 10.6 Å². The lowest BCUT2D eigenvalue weighted by atomic mass is 10.3. The van der Waals surface area contributed by atoms with E-state index in [0.717, 1.165) is 17.4 Å². The van der Waals surface area contributed by atoms with Gasteiger partial charge < -0.3 is 5.73 Å². The molecule has 0 fully saturated rings. The maximum atomic E-state index is 12.9. The van der Waals surface area contributed by atoms with E-state index in [1.165, 1.54) is 6.07 Å². The maximum absolute atomic E-state index is 12.9. The van der Waals surface area contributed by atoms with Crippen LogP contribution in [0, 0.1) is 15.9 Å². The number of hydrogen-bond donors (Lipinski definition) is 1. The predicted octanol–water partition coefficient (Wildman–Crippen LogP) is 1.93. The van der Waals surface area contributed by atoms with E-state index in [-0.39, 0.29) is 16.3 Å². The third kappa shape index (κ3) is 1.27. The fraction of sp³-hybridized carbons (Fsp3) is 0. The van der Waals surface area contributed by atoms with E-state index in [2.05, 4.69) is 4.98 Å². The first-order valence-corrected chi connectivity index (χ1v) is 4.39. The first-order valence-electron chi connectivity index (χ1n) is 3.58. The number of nitro benzene ring substituents is 1. The molecule has 0 saturated heterocycles. The number of thiazole rings is 1. The summed E-state index contributed by atoms with van der Waals surface area (Å²) < 4.78 is 13.3. The van der Waals surface area contributed by atoms with E-state index in [4.69, 9.17) is 5.73 Å². The number of fused-ring (bicyclic) bond motifs is 1. The van der Waals surface area contributed by atoms with Crippen LogP contribution in [0.1, 0.15) is 0 Å². The lowest BCUT2D eigenvalue weighted by Gasteiger charge is -1.92. The number of rotatable bonds is 1. The van der Waals surface area contributed by atoms with E-state index >= 15 is 0 Å². The van der Waals surface area contributed by atoms with E-state index in [9.17, 15) is 14.5 Å². The molecule has 0 amide bonds. The largest absolute Gasteiger partial charge is 0.375 e. The molecule has 1 heterocycles. The van der Waals surface area contributed by atoms with Crippen molar-refractivity contribution in [3.05, 3.63) is 28.1 Å². The Hall–Kier alpha value is -1.76. The first kappa shape index (κ1) is 8.82. The molecule has 72 valence electrons. The van der Waals surface area contributed by atoms with Gasteiger partial charge in [0.25, 0.3) is 5.69 Å². The lowest BCUT2D eigenvalue weighted by molar-refractivity contribution is -0.383. The molecule has 2 aromatic rings. The minimum Gasteiger partial charge on any atom is -0.375 e. The van der Waals surface area contributed by atoms with Gasteiger partial charge in [-0.3, -0.25) is 10.1 Å². The Morgan fingerprint density at radius 3 is 2.93 bits per heavy atom. The minimum absolute atomic E-state index is 0.138. The van der Waals surface area contributed by atoms with Crippen molar-refractivity contribution >= 4 is 32.4 Å². The number of hydrogen-bond acceptors (Lipinski definition) is 5. The van der Waals surface area contributed by atoms with Gasteiger partial charge in [-0.15, -0.1) is 0 Å². The lowest BCUT2D eigenvalue weighted by Crippen LogP contribution is -1.90. The third-order valence-corrected chi connectivity index (χ3v) is 2.48. The van der Waals surface area contributed by atoms with Crippen LogP contribution >= 0.6 is 11.3 Å². The Morgan fingerprint density at radius 1 is 1.57 bits per heavy atom. The molecular weight excluding hydrogens is 209 g/mol. The highest BCUT2D eigenvalue weighted by Gasteiger charge is 2.17. The predicted molar refractivity (Wildman–Crippen MR) is 50.6 cm³/mol. The van der Waals surface area contributed by atoms with E-state index in [1.807, 2.05) is 0 Å². The molecule has 0 saturated carbocycles. The van der Waals surface area contributed by atoms with Crippen molar-refractivity contribution in [1.29, 1.82) is 0 Å². The van der Waals surface area contributed by atoms with Crippen molar-refractivity contribution in [2.75, 3.05) is 5.73 Å². The van der Waals surface area contributed by atoms with Crippen molar-refractivity contribution in [1.82, 2.24) is 4.98 Å². The van der Waals surface area contributed by atoms with Crippen molar-refractivity contribution in [2.24, 2.45) is 0 Å². The fourth-order valence-electron chi connectivity index (χ4n) is 1.14. The number of benzene rings is 1. The smallest absolute Gasteiger partial charge is 0.299 e. The molecule has 0 unspecified atom stereocenters. The molecule has 7 heteroatoms. The number of non-ortho nitro benzene ring substituents is 1. The van der Waals surface area contributed by atoms with Gasteiger partial charge in [0, 0.05) is 0 Å². The summed E-state index contributed by atoms with van der Waals surface area (Å²) >= 11 is 1.02. The Kier molecular flexibility index (Phi) is 1.81. The number of aromatic nitrogens is 1. The number of nitrogens with two attached hydrogens (primary N) is 1. The van der Waals surface area contributed by atoms with Crippen LogP contribution in [-0.4, -0.2) is 9.91 Å². The van der Waals surface area contributed by atoms with Crippen molar-refractivity contribution in [3.63, 3.8) is 0 Å². The average Bonchev–Trinajstić information content (AvgIpc) is 2.42. The monoisotopic (exact) mass is 213 g/mol. The van der Waals surface area contributed by atoms with Crippen LogP contribution in [0.25, 0.3) is 10.2 Å². The zero-order chi connectivity index (χ0) is 10.3. The van der Waals surface area contributed by atoms with Gasteiger partial charge >= 0.3 is 0 Å². The van der Waals surface area contributed by atoms with Gasteiger partial charge in [-0.1, -0.05) is 11.3 Å². The summed E-state index contributed by atoms with van der Waals surface area (Å²) in [5, 5.41) is 10.7. The highest BCUT2D eigenvalue weighted by atomic mass is 32.1. The molecule has 1 aromatic carbocycles. The highest BCUT2D eigenvalue weighted by Crippen LogP contribution is 2.31. The topological polar surface area (TPSA) is 82.0 Å². The molecule has 0 bridgehead atoms. The standard InChI is InChI=1S/C7H4FN3O2S/c8-3-1-4(11(12)13)6-5(2-3)14-7(9)10-6/h1-2H,(H2,9,10). The van der Waals surface area contributed by atoms with Crippen LogP contribution in [0.2, 0.25) is 0 Å². The van der Waals surface area contributed by atoms with Crippen molar-refractivity contribution < 1.29 is 9.31 Å². The van der Waals surface area contributed by atoms with Crippen LogP contribution in [-0.2, 0) is 0 Å². The number of halogens is 1. The average molecular weight is 213 g/mol. The zero-order valence-electron chi connectivity index (χ0n) is 6.73. The first-order chi connectivity index (χ1) is 6.58.